The van der Waals surface area contributed by atoms with Gasteiger partial charge >= 0.3 is 0 Å². The molecule has 0 aliphatic carbocycles. The first-order valence-corrected chi connectivity index (χ1v) is 6.82. The number of aliphatic hydroxyl groups is 1. The summed E-state index contributed by atoms with van der Waals surface area (Å²) in [6, 6.07) is 6.85. The van der Waals surface area contributed by atoms with Crippen LogP contribution < -0.4 is 14.8 Å². The van der Waals surface area contributed by atoms with Gasteiger partial charge < -0.3 is 19.9 Å². The molecule has 1 aromatic carbocycles. The highest BCUT2D eigenvalue weighted by Gasteiger charge is 2.15. The third kappa shape index (κ3) is 5.48. The second kappa shape index (κ2) is 8.43. The molecule has 0 radical (unpaired) electrons. The maximum Gasteiger partial charge on any atom is 0.258 e. The lowest BCUT2D eigenvalue weighted by Crippen LogP contribution is -2.43. The molecule has 0 saturated heterocycles. The van der Waals surface area contributed by atoms with E-state index in [9.17, 15) is 4.79 Å². The molecule has 5 nitrogen and oxygen atoms in total. The van der Waals surface area contributed by atoms with Gasteiger partial charge in [-0.3, -0.25) is 4.79 Å². The van der Waals surface area contributed by atoms with Crippen LogP contribution in [0.5, 0.6) is 11.5 Å². The fraction of sp³-hybridized carbons (Fsp3) is 0.533. The number of nitrogens with one attached hydrogen (secondary N) is 1. The van der Waals surface area contributed by atoms with Gasteiger partial charge in [0.2, 0.25) is 0 Å². The molecule has 0 fully saturated rings. The molecule has 0 bridgehead atoms. The average molecular weight is 281 g/mol. The summed E-state index contributed by atoms with van der Waals surface area (Å²) in [4.78, 5) is 11.7. The first-order chi connectivity index (χ1) is 9.56. The Bertz CT molecular complexity index is 403. The lowest BCUT2D eigenvalue weighted by molar-refractivity contribution is -0.124. The zero-order valence-corrected chi connectivity index (χ0v) is 12.3. The zero-order chi connectivity index (χ0) is 15.0. The second-order valence-electron chi connectivity index (χ2n) is 4.79. The van der Waals surface area contributed by atoms with Crippen LogP contribution in [-0.2, 0) is 4.79 Å². The zero-order valence-electron chi connectivity index (χ0n) is 12.3. The molecular weight excluding hydrogens is 258 g/mol. The van der Waals surface area contributed by atoms with E-state index in [1.165, 1.54) is 0 Å². The van der Waals surface area contributed by atoms with Crippen molar-refractivity contribution in [2.75, 3.05) is 19.8 Å². The van der Waals surface area contributed by atoms with Crippen molar-refractivity contribution < 1.29 is 19.4 Å². The summed E-state index contributed by atoms with van der Waals surface area (Å²) >= 11 is 0. The normalized spacial score (nSPS) is 12.1. The first-order valence-electron chi connectivity index (χ1n) is 6.82. The number of rotatable bonds is 8. The third-order valence-corrected chi connectivity index (χ3v) is 2.85. The largest absolute Gasteiger partial charge is 0.494 e. The summed E-state index contributed by atoms with van der Waals surface area (Å²) in [5.74, 6) is 1.30. The molecule has 0 spiro atoms. The van der Waals surface area contributed by atoms with Crippen molar-refractivity contribution in [1.29, 1.82) is 0 Å². The Kier molecular flexibility index (Phi) is 6.87. The lowest BCUT2D eigenvalue weighted by atomic mass is 10.1. The molecule has 2 N–H and O–H groups in total. The fourth-order valence-corrected chi connectivity index (χ4v) is 1.62. The summed E-state index contributed by atoms with van der Waals surface area (Å²) < 4.78 is 10.7. The maximum atomic E-state index is 11.7. The van der Waals surface area contributed by atoms with E-state index >= 15 is 0 Å². The van der Waals surface area contributed by atoms with Gasteiger partial charge in [0.1, 0.15) is 11.5 Å². The van der Waals surface area contributed by atoms with E-state index in [0.717, 1.165) is 5.75 Å². The number of aliphatic hydroxyl groups excluding tert-OH is 1. The molecule has 0 unspecified atom stereocenters. The molecule has 0 saturated carbocycles. The van der Waals surface area contributed by atoms with Gasteiger partial charge in [0.25, 0.3) is 5.91 Å². The van der Waals surface area contributed by atoms with Crippen molar-refractivity contribution >= 4 is 5.91 Å². The van der Waals surface area contributed by atoms with Gasteiger partial charge in [-0.15, -0.1) is 0 Å². The molecule has 0 aliphatic heterocycles. The van der Waals surface area contributed by atoms with Gasteiger partial charge in [-0.05, 0) is 37.1 Å². The van der Waals surface area contributed by atoms with E-state index in [0.29, 0.717) is 12.4 Å². The van der Waals surface area contributed by atoms with Crippen LogP contribution in [0, 0.1) is 5.92 Å². The lowest BCUT2D eigenvalue weighted by Gasteiger charge is -2.19. The molecule has 5 heteroatoms. The highest BCUT2D eigenvalue weighted by molar-refractivity contribution is 5.77. The molecule has 1 atom stereocenters. The van der Waals surface area contributed by atoms with E-state index in [1.54, 1.807) is 24.3 Å². The van der Waals surface area contributed by atoms with Crippen molar-refractivity contribution in [1.82, 2.24) is 5.32 Å². The van der Waals surface area contributed by atoms with Gasteiger partial charge in [-0.1, -0.05) is 13.8 Å². The molecule has 20 heavy (non-hydrogen) atoms. The van der Waals surface area contributed by atoms with Crippen LogP contribution >= 0.6 is 0 Å². The molecule has 0 aromatic heterocycles. The Balaban J connectivity index is 2.40. The summed E-state index contributed by atoms with van der Waals surface area (Å²) in [7, 11) is 0. The smallest absolute Gasteiger partial charge is 0.258 e. The summed E-state index contributed by atoms with van der Waals surface area (Å²) in [6.45, 7) is 6.26. The predicted octanol–water partition coefficient (Wildman–Crippen LogP) is 1.60. The number of hydrogen-bond donors (Lipinski definition) is 2. The minimum absolute atomic E-state index is 0.0722. The maximum absolute atomic E-state index is 11.7. The topological polar surface area (TPSA) is 67.8 Å². The number of carbonyl (C=O) groups excluding carboxylic acids is 1. The number of ether oxygens (including phenoxy) is 2. The van der Waals surface area contributed by atoms with Gasteiger partial charge in [-0.2, -0.15) is 0 Å². The Hall–Kier alpha value is -1.75. The fourth-order valence-electron chi connectivity index (χ4n) is 1.62. The third-order valence-electron chi connectivity index (χ3n) is 2.85. The van der Waals surface area contributed by atoms with Crippen molar-refractivity contribution in [3.63, 3.8) is 0 Å². The number of amides is 1. The van der Waals surface area contributed by atoms with Crippen LogP contribution in [-0.4, -0.2) is 36.9 Å². The molecule has 1 aromatic rings. The standard InChI is InChI=1S/C15H23NO4/c1-4-19-12-5-7-13(8-6-12)20-10-15(18)16-14(9-17)11(2)3/h5-8,11,14,17H,4,9-10H2,1-3H3,(H,16,18)/t14-/m1/s1. The summed E-state index contributed by atoms with van der Waals surface area (Å²) in [5, 5.41) is 11.9. The highest BCUT2D eigenvalue weighted by Crippen LogP contribution is 2.17. The van der Waals surface area contributed by atoms with Crippen molar-refractivity contribution in [2.24, 2.45) is 5.92 Å². The van der Waals surface area contributed by atoms with E-state index in [-0.39, 0.29) is 31.1 Å². The molecule has 1 amide bonds. The van der Waals surface area contributed by atoms with Crippen molar-refractivity contribution in [3.05, 3.63) is 24.3 Å². The Morgan fingerprint density at radius 2 is 1.75 bits per heavy atom. The Morgan fingerprint density at radius 3 is 2.20 bits per heavy atom. The monoisotopic (exact) mass is 281 g/mol. The quantitative estimate of drug-likeness (QED) is 0.759. The predicted molar refractivity (Wildman–Crippen MR) is 77.0 cm³/mol. The number of hydrogen-bond acceptors (Lipinski definition) is 4. The summed E-state index contributed by atoms with van der Waals surface area (Å²) in [5.41, 5.74) is 0. The molecular formula is C15H23NO4. The van der Waals surface area contributed by atoms with Crippen LogP contribution in [0.1, 0.15) is 20.8 Å². The van der Waals surface area contributed by atoms with Crippen LogP contribution in [0.4, 0.5) is 0 Å². The van der Waals surface area contributed by atoms with E-state index in [4.69, 9.17) is 14.6 Å². The van der Waals surface area contributed by atoms with Crippen LogP contribution in [0.3, 0.4) is 0 Å². The van der Waals surface area contributed by atoms with Crippen molar-refractivity contribution in [2.45, 2.75) is 26.8 Å². The number of benzene rings is 1. The van der Waals surface area contributed by atoms with Crippen LogP contribution in [0.25, 0.3) is 0 Å². The molecule has 1 rings (SSSR count). The Morgan fingerprint density at radius 1 is 1.20 bits per heavy atom. The first kappa shape index (κ1) is 16.3. The van der Waals surface area contributed by atoms with Gasteiger partial charge in [0.05, 0.1) is 19.3 Å². The molecule has 0 heterocycles. The van der Waals surface area contributed by atoms with E-state index < -0.39 is 0 Å². The van der Waals surface area contributed by atoms with Crippen LogP contribution in [0.2, 0.25) is 0 Å². The van der Waals surface area contributed by atoms with E-state index in [2.05, 4.69) is 5.32 Å². The molecule has 0 aliphatic rings. The average Bonchev–Trinajstić information content (AvgIpc) is 2.44. The molecule has 112 valence electrons. The SMILES string of the molecule is CCOc1ccc(OCC(=O)N[C@H](CO)C(C)C)cc1. The van der Waals surface area contributed by atoms with Gasteiger partial charge in [-0.25, -0.2) is 0 Å². The highest BCUT2D eigenvalue weighted by atomic mass is 16.5. The minimum atomic E-state index is -0.244. The number of carbonyl (C=O) groups is 1. The Labute approximate surface area is 119 Å². The van der Waals surface area contributed by atoms with Crippen molar-refractivity contribution in [3.8, 4) is 11.5 Å². The van der Waals surface area contributed by atoms with Gasteiger partial charge in [0, 0.05) is 0 Å². The minimum Gasteiger partial charge on any atom is -0.494 e. The van der Waals surface area contributed by atoms with Gasteiger partial charge in [0.15, 0.2) is 6.61 Å². The summed E-state index contributed by atoms with van der Waals surface area (Å²) in [6.07, 6.45) is 0. The second-order valence-corrected chi connectivity index (χ2v) is 4.79. The van der Waals surface area contributed by atoms with Crippen LogP contribution in [0.15, 0.2) is 24.3 Å². The van der Waals surface area contributed by atoms with E-state index in [1.807, 2.05) is 20.8 Å².